The molecule has 3 aromatic rings. The lowest BCUT2D eigenvalue weighted by atomic mass is 9.81. The van der Waals surface area contributed by atoms with Crippen LogP contribution < -0.4 is 10.1 Å². The van der Waals surface area contributed by atoms with Crippen LogP contribution >= 0.6 is 11.3 Å². The van der Waals surface area contributed by atoms with Crippen LogP contribution in [0.15, 0.2) is 46.3 Å². The van der Waals surface area contributed by atoms with Crippen LogP contribution in [0.3, 0.4) is 0 Å². The molecule has 3 heterocycles. The Labute approximate surface area is 181 Å². The summed E-state index contributed by atoms with van der Waals surface area (Å²) in [4.78, 5) is 28.5. The van der Waals surface area contributed by atoms with E-state index in [9.17, 15) is 19.8 Å². The molecule has 0 saturated carbocycles. The second-order valence-electron chi connectivity index (χ2n) is 7.01. The maximum atomic E-state index is 12.5. The van der Waals surface area contributed by atoms with Crippen molar-refractivity contribution in [1.29, 1.82) is 0 Å². The highest BCUT2D eigenvalue weighted by Crippen LogP contribution is 2.41. The zero-order chi connectivity index (χ0) is 22.1. The van der Waals surface area contributed by atoms with Gasteiger partial charge in [-0.25, -0.2) is 9.59 Å². The van der Waals surface area contributed by atoms with Crippen LogP contribution in [0.4, 0.5) is 4.79 Å². The number of aliphatic imine (C=N–C) groups is 1. The number of carbonyl (C=O) groups excluding carboxylic acids is 1. The summed E-state index contributed by atoms with van der Waals surface area (Å²) in [6.45, 7) is 1.97. The molecule has 1 unspecified atom stereocenters. The second kappa shape index (κ2) is 8.23. The summed E-state index contributed by atoms with van der Waals surface area (Å²) in [5.74, 6) is -2.10. The first-order valence-corrected chi connectivity index (χ1v) is 10.5. The van der Waals surface area contributed by atoms with Gasteiger partial charge >= 0.3 is 12.0 Å². The number of thiophene rings is 1. The monoisotopic (exact) mass is 440 g/mol. The van der Waals surface area contributed by atoms with Crippen molar-refractivity contribution in [3.63, 3.8) is 0 Å². The highest BCUT2D eigenvalue weighted by Gasteiger charge is 2.37. The van der Waals surface area contributed by atoms with Crippen molar-refractivity contribution in [2.45, 2.75) is 18.9 Å². The van der Waals surface area contributed by atoms with Gasteiger partial charge < -0.3 is 20.3 Å². The topological polar surface area (TPSA) is 126 Å². The minimum absolute atomic E-state index is 0.0427. The number of ether oxygens (including phenoxy) is 1. The predicted octanol–water partition coefficient (Wildman–Crippen LogP) is 3.32. The number of hydrogen-bond acceptors (Lipinski definition) is 6. The Hall–Kier alpha value is -3.66. The lowest BCUT2D eigenvalue weighted by Crippen LogP contribution is -2.39. The van der Waals surface area contributed by atoms with E-state index in [4.69, 9.17) is 4.74 Å². The van der Waals surface area contributed by atoms with E-state index in [1.54, 1.807) is 37.1 Å². The number of urea groups is 1. The summed E-state index contributed by atoms with van der Waals surface area (Å²) >= 11 is 1.51. The number of aryl methyl sites for hydroxylation is 1. The Balaban J connectivity index is 1.90. The number of benzene rings is 1. The molecular weight excluding hydrogens is 420 g/mol. The van der Waals surface area contributed by atoms with Crippen LogP contribution in [0.25, 0.3) is 0 Å². The molecule has 2 amide bonds. The van der Waals surface area contributed by atoms with Gasteiger partial charge in [0.05, 0.1) is 30.5 Å². The molecule has 2 aromatic heterocycles. The normalized spacial score (nSPS) is 18.4. The highest BCUT2D eigenvalue weighted by atomic mass is 32.1. The first-order valence-electron chi connectivity index (χ1n) is 9.52. The minimum atomic E-state index is -1.30. The van der Waals surface area contributed by atoms with Gasteiger partial charge in [-0.05, 0) is 47.0 Å². The van der Waals surface area contributed by atoms with Gasteiger partial charge in [0, 0.05) is 18.8 Å². The smallest absolute Gasteiger partial charge is 0.341 e. The van der Waals surface area contributed by atoms with E-state index >= 15 is 0 Å². The van der Waals surface area contributed by atoms with Crippen molar-refractivity contribution < 1.29 is 24.5 Å². The molecule has 0 fully saturated rings. The molecule has 9 nitrogen and oxygen atoms in total. The highest BCUT2D eigenvalue weighted by molar-refractivity contribution is 7.08. The van der Waals surface area contributed by atoms with Gasteiger partial charge in [-0.3, -0.25) is 4.68 Å². The Bertz CT molecular complexity index is 1170. The minimum Gasteiger partial charge on any atom is -0.504 e. The maximum Gasteiger partial charge on any atom is 0.341 e. The number of aromatic hydroxyl groups is 1. The number of aromatic nitrogens is 2. The average molecular weight is 440 g/mol. The number of hydrogen-bond donors (Lipinski definition) is 3. The van der Waals surface area contributed by atoms with Crippen molar-refractivity contribution >= 4 is 29.0 Å². The summed E-state index contributed by atoms with van der Waals surface area (Å²) in [5.41, 5.74) is 2.33. The van der Waals surface area contributed by atoms with E-state index in [1.165, 1.54) is 17.4 Å². The lowest BCUT2D eigenvalue weighted by molar-refractivity contribution is 0.0692. The molecule has 1 aliphatic rings. The van der Waals surface area contributed by atoms with E-state index < -0.39 is 29.7 Å². The maximum absolute atomic E-state index is 12.5. The van der Waals surface area contributed by atoms with Crippen molar-refractivity contribution in [2.24, 2.45) is 12.0 Å². The molecule has 0 aliphatic carbocycles. The van der Waals surface area contributed by atoms with Gasteiger partial charge in [-0.2, -0.15) is 21.4 Å². The number of nitrogens with one attached hydrogen (secondary N) is 1. The summed E-state index contributed by atoms with van der Waals surface area (Å²) in [5, 5.41) is 30.8. The molecule has 2 atom stereocenters. The molecule has 3 N–H and O–H groups in total. The van der Waals surface area contributed by atoms with Crippen LogP contribution in [0.2, 0.25) is 0 Å². The van der Waals surface area contributed by atoms with Crippen molar-refractivity contribution in [1.82, 2.24) is 15.1 Å². The van der Waals surface area contributed by atoms with E-state index in [-0.39, 0.29) is 17.9 Å². The number of carboxylic acids is 1. The molecule has 4 rings (SSSR count). The van der Waals surface area contributed by atoms with Crippen molar-refractivity contribution in [2.75, 3.05) is 6.61 Å². The Kier molecular flexibility index (Phi) is 5.47. The number of aromatic carboxylic acids is 1. The molecule has 10 heteroatoms. The van der Waals surface area contributed by atoms with Crippen molar-refractivity contribution in [3.8, 4) is 11.5 Å². The van der Waals surface area contributed by atoms with Crippen LogP contribution in [0, 0.1) is 0 Å². The third-order valence-corrected chi connectivity index (χ3v) is 5.72. The molecule has 1 aromatic carbocycles. The van der Waals surface area contributed by atoms with E-state index in [0.29, 0.717) is 16.8 Å². The second-order valence-corrected chi connectivity index (χ2v) is 7.79. The molecule has 0 saturated heterocycles. The fourth-order valence-electron chi connectivity index (χ4n) is 3.70. The molecule has 0 spiro atoms. The van der Waals surface area contributed by atoms with Gasteiger partial charge in [-0.15, -0.1) is 0 Å². The average Bonchev–Trinajstić information content (AvgIpc) is 3.40. The number of rotatable bonds is 6. The zero-order valence-corrected chi connectivity index (χ0v) is 17.6. The summed E-state index contributed by atoms with van der Waals surface area (Å²) in [6, 6.07) is 3.68. The fraction of sp³-hybridized carbons (Fsp3) is 0.238. The first-order chi connectivity index (χ1) is 14.9. The van der Waals surface area contributed by atoms with Gasteiger partial charge in [0.2, 0.25) is 0 Å². The van der Waals surface area contributed by atoms with E-state index in [2.05, 4.69) is 15.4 Å². The van der Waals surface area contributed by atoms with Gasteiger partial charge in [0.1, 0.15) is 5.56 Å². The molecule has 1 aliphatic heterocycles. The quantitative estimate of drug-likeness (QED) is 0.540. The number of phenols is 1. The first kappa shape index (κ1) is 20.6. The number of carboxylic acid groups (broad SMARTS) is 1. The Morgan fingerprint density at radius 3 is 2.77 bits per heavy atom. The summed E-state index contributed by atoms with van der Waals surface area (Å²) in [6.07, 6.45) is 3.41. The SMILES string of the molecule is CCOc1cc([C@H]2NC(=O)N=C(c3cnn(C)c3)C2c2ccsc2)cc(C(=O)O)c1O. The third-order valence-electron chi connectivity index (χ3n) is 5.02. The molecular formula is C21H20N4O5S. The lowest BCUT2D eigenvalue weighted by Gasteiger charge is -2.32. The summed E-state index contributed by atoms with van der Waals surface area (Å²) < 4.78 is 7.08. The Morgan fingerprint density at radius 1 is 1.35 bits per heavy atom. The van der Waals surface area contributed by atoms with Gasteiger partial charge in [-0.1, -0.05) is 0 Å². The van der Waals surface area contributed by atoms with Crippen LogP contribution in [0.1, 0.15) is 45.9 Å². The Morgan fingerprint density at radius 2 is 2.16 bits per heavy atom. The molecule has 31 heavy (non-hydrogen) atoms. The predicted molar refractivity (Wildman–Crippen MR) is 114 cm³/mol. The van der Waals surface area contributed by atoms with Crippen molar-refractivity contribution in [3.05, 3.63) is 63.6 Å². The summed E-state index contributed by atoms with van der Waals surface area (Å²) in [7, 11) is 1.78. The van der Waals surface area contributed by atoms with Crippen LogP contribution in [-0.2, 0) is 7.05 Å². The number of amides is 2. The molecule has 0 radical (unpaired) electrons. The standard InChI is InChI=1S/C21H20N4O5S/c1-3-30-15-7-12(6-14(19(15)26)20(27)28)17-16(11-4-5-31-10-11)18(24-21(29)23-17)13-8-22-25(2)9-13/h4-10,16-17,26H,3H2,1-2H3,(H,23,29)(H,27,28)/t16?,17-/m1/s1. The van der Waals surface area contributed by atoms with Crippen LogP contribution in [0.5, 0.6) is 11.5 Å². The van der Waals surface area contributed by atoms with Gasteiger partial charge in [0.15, 0.2) is 11.5 Å². The van der Waals surface area contributed by atoms with Gasteiger partial charge in [0.25, 0.3) is 0 Å². The van der Waals surface area contributed by atoms with E-state index in [0.717, 1.165) is 5.56 Å². The van der Waals surface area contributed by atoms with E-state index in [1.807, 2.05) is 16.8 Å². The largest absolute Gasteiger partial charge is 0.504 e. The molecule has 160 valence electrons. The fourth-order valence-corrected chi connectivity index (χ4v) is 4.39. The number of nitrogens with zero attached hydrogens (tertiary/aromatic N) is 3. The third kappa shape index (κ3) is 3.89. The number of carbonyl (C=O) groups is 2. The zero-order valence-electron chi connectivity index (χ0n) is 16.8. The van der Waals surface area contributed by atoms with Crippen LogP contribution in [-0.4, -0.2) is 44.3 Å². The molecule has 0 bridgehead atoms.